The SMILES string of the molecule is Cc1ccc(C(C(=O)NC(C)(C)C)N(CCCO)C(=O)Cn2nnc(-c3ccc(F)cc3)n2)cc1. The van der Waals surface area contributed by atoms with Crippen molar-refractivity contribution in [2.75, 3.05) is 13.2 Å². The third-order valence-electron chi connectivity index (χ3n) is 5.16. The van der Waals surface area contributed by atoms with Crippen LogP contribution in [0.4, 0.5) is 4.39 Å². The largest absolute Gasteiger partial charge is 0.396 e. The first kappa shape index (κ1) is 26.0. The monoisotopic (exact) mass is 482 g/mol. The molecular formula is C25H31FN6O3. The highest BCUT2D eigenvalue weighted by atomic mass is 19.1. The second kappa shape index (κ2) is 11.2. The molecule has 1 atom stereocenters. The van der Waals surface area contributed by atoms with Gasteiger partial charge in [-0.25, -0.2) is 4.39 Å². The zero-order chi connectivity index (χ0) is 25.6. The number of tetrazole rings is 1. The lowest BCUT2D eigenvalue weighted by Gasteiger charge is -2.33. The summed E-state index contributed by atoms with van der Waals surface area (Å²) in [7, 11) is 0. The topological polar surface area (TPSA) is 113 Å². The lowest BCUT2D eigenvalue weighted by Crippen LogP contribution is -2.50. The Hall–Kier alpha value is -3.66. The van der Waals surface area contributed by atoms with Crippen LogP contribution >= 0.6 is 0 Å². The molecule has 0 spiro atoms. The molecule has 2 amide bonds. The van der Waals surface area contributed by atoms with Crippen LogP contribution in [0.5, 0.6) is 0 Å². The Morgan fingerprint density at radius 3 is 2.37 bits per heavy atom. The number of halogens is 1. The highest BCUT2D eigenvalue weighted by molar-refractivity contribution is 5.89. The van der Waals surface area contributed by atoms with Crippen molar-refractivity contribution in [2.45, 2.75) is 52.2 Å². The number of aryl methyl sites for hydroxylation is 1. The van der Waals surface area contributed by atoms with Crippen molar-refractivity contribution in [3.63, 3.8) is 0 Å². The maximum Gasteiger partial charge on any atom is 0.247 e. The molecule has 2 N–H and O–H groups in total. The van der Waals surface area contributed by atoms with E-state index in [1.54, 1.807) is 0 Å². The van der Waals surface area contributed by atoms with Crippen LogP contribution in [-0.4, -0.2) is 60.7 Å². The summed E-state index contributed by atoms with van der Waals surface area (Å²) in [6.45, 7) is 7.31. The van der Waals surface area contributed by atoms with Crippen LogP contribution in [0.3, 0.4) is 0 Å². The van der Waals surface area contributed by atoms with E-state index in [2.05, 4.69) is 20.7 Å². The molecule has 2 aromatic carbocycles. The molecule has 0 saturated carbocycles. The number of benzene rings is 2. The Morgan fingerprint density at radius 1 is 1.11 bits per heavy atom. The van der Waals surface area contributed by atoms with Gasteiger partial charge in [-0.1, -0.05) is 29.8 Å². The summed E-state index contributed by atoms with van der Waals surface area (Å²) in [6, 6.07) is 12.1. The zero-order valence-corrected chi connectivity index (χ0v) is 20.4. The highest BCUT2D eigenvalue weighted by Gasteiger charge is 2.33. The Morgan fingerprint density at radius 2 is 1.77 bits per heavy atom. The molecule has 0 bridgehead atoms. The van der Waals surface area contributed by atoms with E-state index in [1.165, 1.54) is 29.2 Å². The second-order valence-corrected chi connectivity index (χ2v) is 9.37. The molecule has 0 aliphatic carbocycles. The maximum atomic E-state index is 13.4. The molecule has 0 fully saturated rings. The van der Waals surface area contributed by atoms with E-state index >= 15 is 0 Å². The zero-order valence-electron chi connectivity index (χ0n) is 20.4. The first-order chi connectivity index (χ1) is 16.6. The van der Waals surface area contributed by atoms with Crippen LogP contribution in [0.25, 0.3) is 11.4 Å². The van der Waals surface area contributed by atoms with E-state index in [4.69, 9.17) is 0 Å². The van der Waals surface area contributed by atoms with Gasteiger partial charge < -0.3 is 15.3 Å². The maximum absolute atomic E-state index is 13.4. The third kappa shape index (κ3) is 7.16. The van der Waals surface area contributed by atoms with Gasteiger partial charge in [-0.15, -0.1) is 10.2 Å². The molecular weight excluding hydrogens is 451 g/mol. The van der Waals surface area contributed by atoms with Crippen molar-refractivity contribution in [3.05, 3.63) is 65.5 Å². The highest BCUT2D eigenvalue weighted by Crippen LogP contribution is 2.24. The van der Waals surface area contributed by atoms with Crippen LogP contribution in [0.1, 0.15) is 44.4 Å². The van der Waals surface area contributed by atoms with E-state index in [9.17, 15) is 19.1 Å². The van der Waals surface area contributed by atoms with Crippen LogP contribution in [-0.2, 0) is 16.1 Å². The van der Waals surface area contributed by atoms with E-state index in [0.717, 1.165) is 10.4 Å². The Balaban J connectivity index is 1.90. The van der Waals surface area contributed by atoms with Gasteiger partial charge in [-0.2, -0.15) is 4.80 Å². The van der Waals surface area contributed by atoms with Crippen LogP contribution in [0, 0.1) is 12.7 Å². The first-order valence-electron chi connectivity index (χ1n) is 11.4. The van der Waals surface area contributed by atoms with Gasteiger partial charge in [-0.3, -0.25) is 9.59 Å². The van der Waals surface area contributed by atoms with Crippen molar-refractivity contribution in [2.24, 2.45) is 0 Å². The normalized spacial score (nSPS) is 12.3. The number of carbonyl (C=O) groups is 2. The lowest BCUT2D eigenvalue weighted by atomic mass is 10.00. The summed E-state index contributed by atoms with van der Waals surface area (Å²) in [5, 5.41) is 24.5. The van der Waals surface area contributed by atoms with Crippen molar-refractivity contribution < 1.29 is 19.1 Å². The predicted octanol–water partition coefficient (Wildman–Crippen LogP) is 2.65. The third-order valence-corrected chi connectivity index (χ3v) is 5.16. The number of carbonyl (C=O) groups excluding carboxylic acids is 2. The quantitative estimate of drug-likeness (QED) is 0.485. The van der Waals surface area contributed by atoms with Gasteiger partial charge in [0, 0.05) is 24.3 Å². The molecule has 0 aliphatic heterocycles. The minimum Gasteiger partial charge on any atom is -0.396 e. The number of nitrogens with one attached hydrogen (secondary N) is 1. The molecule has 0 radical (unpaired) electrons. The number of nitrogens with zero attached hydrogens (tertiary/aromatic N) is 5. The number of hydrogen-bond donors (Lipinski definition) is 2. The van der Waals surface area contributed by atoms with Gasteiger partial charge in [0.05, 0.1) is 0 Å². The first-order valence-corrected chi connectivity index (χ1v) is 11.4. The minimum atomic E-state index is -0.908. The van der Waals surface area contributed by atoms with Gasteiger partial charge in [-0.05, 0) is 69.2 Å². The van der Waals surface area contributed by atoms with E-state index < -0.39 is 17.5 Å². The molecule has 0 aliphatic rings. The fourth-order valence-electron chi connectivity index (χ4n) is 3.53. The molecule has 3 aromatic rings. The number of aliphatic hydroxyl groups excluding tert-OH is 1. The number of rotatable bonds is 9. The Kier molecular flexibility index (Phi) is 8.29. The molecule has 9 nitrogen and oxygen atoms in total. The summed E-state index contributed by atoms with van der Waals surface area (Å²) in [5.74, 6) is -0.867. The van der Waals surface area contributed by atoms with Gasteiger partial charge >= 0.3 is 0 Å². The molecule has 1 heterocycles. The van der Waals surface area contributed by atoms with Crippen molar-refractivity contribution in [3.8, 4) is 11.4 Å². The molecule has 186 valence electrons. The molecule has 0 saturated heterocycles. The van der Waals surface area contributed by atoms with Crippen molar-refractivity contribution in [1.82, 2.24) is 30.4 Å². The van der Waals surface area contributed by atoms with Crippen molar-refractivity contribution in [1.29, 1.82) is 0 Å². The lowest BCUT2D eigenvalue weighted by molar-refractivity contribution is -0.142. The van der Waals surface area contributed by atoms with Crippen LogP contribution in [0.2, 0.25) is 0 Å². The number of aromatic nitrogens is 4. The number of hydrogen-bond acceptors (Lipinski definition) is 6. The fraction of sp³-hybridized carbons (Fsp3) is 0.400. The van der Waals surface area contributed by atoms with Crippen LogP contribution in [0.15, 0.2) is 48.5 Å². The molecule has 1 aromatic heterocycles. The standard InChI is InChI=1S/C25H31FN6O3/c1-17-6-8-18(9-7-17)22(24(35)27-25(2,3)4)31(14-5-15-33)21(34)16-32-29-23(28-30-32)19-10-12-20(26)13-11-19/h6-13,22,33H,5,14-16H2,1-4H3,(H,27,35). The van der Waals surface area contributed by atoms with Gasteiger partial charge in [0.1, 0.15) is 18.4 Å². The Bertz CT molecular complexity index is 1140. The van der Waals surface area contributed by atoms with Gasteiger partial charge in [0.25, 0.3) is 0 Å². The summed E-state index contributed by atoms with van der Waals surface area (Å²) in [5.41, 5.74) is 1.73. The molecule has 35 heavy (non-hydrogen) atoms. The van der Waals surface area contributed by atoms with Crippen molar-refractivity contribution >= 4 is 11.8 Å². The van der Waals surface area contributed by atoms with Crippen LogP contribution < -0.4 is 5.32 Å². The average Bonchev–Trinajstić information content (AvgIpc) is 3.25. The fourth-order valence-corrected chi connectivity index (χ4v) is 3.53. The summed E-state index contributed by atoms with van der Waals surface area (Å²) in [6.07, 6.45) is 0.294. The van der Waals surface area contributed by atoms with E-state index in [0.29, 0.717) is 17.5 Å². The number of amides is 2. The van der Waals surface area contributed by atoms with E-state index in [-0.39, 0.29) is 37.2 Å². The summed E-state index contributed by atoms with van der Waals surface area (Å²) < 4.78 is 13.2. The summed E-state index contributed by atoms with van der Waals surface area (Å²) >= 11 is 0. The smallest absolute Gasteiger partial charge is 0.247 e. The minimum absolute atomic E-state index is 0.137. The summed E-state index contributed by atoms with van der Waals surface area (Å²) in [4.78, 5) is 29.4. The molecule has 1 unspecified atom stereocenters. The van der Waals surface area contributed by atoms with Gasteiger partial charge in [0.2, 0.25) is 17.6 Å². The molecule has 3 rings (SSSR count). The van der Waals surface area contributed by atoms with Gasteiger partial charge in [0.15, 0.2) is 0 Å². The van der Waals surface area contributed by atoms with E-state index in [1.807, 2.05) is 52.0 Å². The Labute approximate surface area is 204 Å². The predicted molar refractivity (Wildman–Crippen MR) is 128 cm³/mol. The second-order valence-electron chi connectivity index (χ2n) is 9.37. The average molecular weight is 483 g/mol. The molecule has 10 heteroatoms. The number of aliphatic hydroxyl groups is 1.